The van der Waals surface area contributed by atoms with Gasteiger partial charge in [0.05, 0.1) is 22.5 Å². The molecule has 0 aliphatic heterocycles. The molecule has 0 atom stereocenters. The molecule has 4 aromatic rings. The van der Waals surface area contributed by atoms with Crippen LogP contribution in [0.25, 0.3) is 22.3 Å². The molecule has 0 spiro atoms. The minimum Gasteiger partial charge on any atom is -0.326 e. The van der Waals surface area contributed by atoms with Crippen LogP contribution in [0.1, 0.15) is 13.8 Å². The number of thioether (sulfide) groups is 1. The third kappa shape index (κ3) is 4.95. The normalized spacial score (nSPS) is 10.9. The number of aromatic nitrogens is 3. The predicted octanol–water partition coefficient (Wildman–Crippen LogP) is 4.87. The number of imidazole rings is 1. The molecule has 2 aromatic heterocycles. The van der Waals surface area contributed by atoms with Crippen molar-refractivity contribution in [1.82, 2.24) is 14.5 Å². The lowest BCUT2D eigenvalue weighted by atomic mass is 10.1. The summed E-state index contributed by atoms with van der Waals surface area (Å²) in [6.45, 7) is 4.33. The van der Waals surface area contributed by atoms with E-state index in [1.54, 1.807) is 0 Å². The van der Waals surface area contributed by atoms with Crippen molar-refractivity contribution in [2.24, 2.45) is 0 Å². The maximum Gasteiger partial charge on any atom is 0.236 e. The summed E-state index contributed by atoms with van der Waals surface area (Å²) in [6.07, 6.45) is 0. The zero-order valence-electron chi connectivity index (χ0n) is 17.1. The first-order valence-corrected chi connectivity index (χ1v) is 11.6. The third-order valence-electron chi connectivity index (χ3n) is 4.52. The van der Waals surface area contributed by atoms with Gasteiger partial charge in [-0.25, -0.2) is 9.97 Å². The number of nitrogens with one attached hydrogen (secondary N) is 2. The van der Waals surface area contributed by atoms with E-state index in [4.69, 9.17) is 0 Å². The van der Waals surface area contributed by atoms with Gasteiger partial charge >= 0.3 is 0 Å². The Morgan fingerprint density at radius 1 is 1.06 bits per heavy atom. The minimum atomic E-state index is -0.124. The van der Waals surface area contributed by atoms with E-state index >= 15 is 0 Å². The zero-order chi connectivity index (χ0) is 21.8. The summed E-state index contributed by atoms with van der Waals surface area (Å²) in [5.41, 5.74) is 4.42. The van der Waals surface area contributed by atoms with Crippen LogP contribution < -0.4 is 10.6 Å². The number of fused-ring (bicyclic) bond motifs is 1. The lowest BCUT2D eigenvalue weighted by Crippen LogP contribution is -2.14. The first kappa shape index (κ1) is 21.1. The van der Waals surface area contributed by atoms with Gasteiger partial charge in [0.1, 0.15) is 0 Å². The van der Waals surface area contributed by atoms with Crippen molar-refractivity contribution in [3.8, 4) is 11.3 Å². The highest BCUT2D eigenvalue weighted by atomic mass is 32.2. The molecule has 2 aromatic carbocycles. The van der Waals surface area contributed by atoms with Crippen LogP contribution in [0, 0.1) is 0 Å². The van der Waals surface area contributed by atoms with Crippen LogP contribution in [0.5, 0.6) is 0 Å². The van der Waals surface area contributed by atoms with Gasteiger partial charge in [0.2, 0.25) is 11.8 Å². The number of thiazole rings is 1. The Morgan fingerprint density at radius 2 is 1.84 bits per heavy atom. The molecule has 158 valence electrons. The number of carbonyl (C=O) groups excluding carboxylic acids is 2. The van der Waals surface area contributed by atoms with Gasteiger partial charge in [0.25, 0.3) is 0 Å². The van der Waals surface area contributed by atoms with Crippen LogP contribution >= 0.6 is 23.1 Å². The number of hydrogen-bond donors (Lipinski definition) is 2. The average Bonchev–Trinajstić information content (AvgIpc) is 3.36. The van der Waals surface area contributed by atoms with E-state index < -0.39 is 0 Å². The second kappa shape index (κ2) is 9.32. The Kier molecular flexibility index (Phi) is 6.34. The fourth-order valence-corrected chi connectivity index (χ4v) is 4.76. The largest absolute Gasteiger partial charge is 0.326 e. The van der Waals surface area contributed by atoms with Gasteiger partial charge in [-0.1, -0.05) is 36.0 Å². The highest BCUT2D eigenvalue weighted by molar-refractivity contribution is 7.99. The Balaban J connectivity index is 1.38. The number of rotatable bonds is 7. The number of para-hydroxylation sites is 2. The van der Waals surface area contributed by atoms with Crippen molar-refractivity contribution in [3.63, 3.8) is 0 Å². The lowest BCUT2D eigenvalue weighted by Gasteiger charge is -2.05. The molecular formula is C22H21N5O2S2. The van der Waals surface area contributed by atoms with E-state index in [0.29, 0.717) is 5.13 Å². The molecule has 0 unspecified atom stereocenters. The Hall–Kier alpha value is -3.17. The summed E-state index contributed by atoms with van der Waals surface area (Å²) in [5, 5.41) is 8.88. The highest BCUT2D eigenvalue weighted by Gasteiger charge is 2.13. The van der Waals surface area contributed by atoms with Crippen LogP contribution in [0.4, 0.5) is 10.8 Å². The predicted molar refractivity (Wildman–Crippen MR) is 127 cm³/mol. The molecule has 0 saturated carbocycles. The highest BCUT2D eigenvalue weighted by Crippen LogP contribution is 2.27. The smallest absolute Gasteiger partial charge is 0.236 e. The lowest BCUT2D eigenvalue weighted by molar-refractivity contribution is -0.114. The van der Waals surface area contributed by atoms with Crippen LogP contribution in [0.3, 0.4) is 0 Å². The molecule has 7 nitrogen and oxygen atoms in total. The van der Waals surface area contributed by atoms with E-state index in [0.717, 1.165) is 39.7 Å². The topological polar surface area (TPSA) is 88.9 Å². The summed E-state index contributed by atoms with van der Waals surface area (Å²) in [5.74, 6) is 0.0179. The van der Waals surface area contributed by atoms with Gasteiger partial charge in [0.15, 0.2) is 10.3 Å². The molecule has 9 heteroatoms. The summed E-state index contributed by atoms with van der Waals surface area (Å²) < 4.78 is 2.11. The monoisotopic (exact) mass is 451 g/mol. The summed E-state index contributed by atoms with van der Waals surface area (Å²) in [6, 6.07) is 15.4. The van der Waals surface area contributed by atoms with Crippen molar-refractivity contribution in [2.45, 2.75) is 25.5 Å². The molecule has 2 amide bonds. The van der Waals surface area contributed by atoms with Crippen molar-refractivity contribution in [3.05, 3.63) is 53.9 Å². The summed E-state index contributed by atoms with van der Waals surface area (Å²) in [7, 11) is 0. The number of amides is 2. The first-order chi connectivity index (χ1) is 15.0. The first-order valence-electron chi connectivity index (χ1n) is 9.75. The maximum atomic E-state index is 12.5. The van der Waals surface area contributed by atoms with Crippen LogP contribution in [0.15, 0.2) is 59.1 Å². The summed E-state index contributed by atoms with van der Waals surface area (Å²) in [4.78, 5) is 32.7. The summed E-state index contributed by atoms with van der Waals surface area (Å²) >= 11 is 2.79. The molecule has 0 radical (unpaired) electrons. The van der Waals surface area contributed by atoms with Gasteiger partial charge in [-0.15, -0.1) is 11.3 Å². The van der Waals surface area contributed by atoms with Crippen molar-refractivity contribution < 1.29 is 9.59 Å². The van der Waals surface area contributed by atoms with Gasteiger partial charge in [-0.3, -0.25) is 9.59 Å². The molecule has 31 heavy (non-hydrogen) atoms. The van der Waals surface area contributed by atoms with Gasteiger partial charge in [0, 0.05) is 30.1 Å². The molecule has 0 aliphatic carbocycles. The second-order valence-electron chi connectivity index (χ2n) is 6.76. The molecule has 2 N–H and O–H groups in total. The van der Waals surface area contributed by atoms with Crippen molar-refractivity contribution in [1.29, 1.82) is 0 Å². The number of anilines is 2. The molecule has 0 bridgehead atoms. The molecule has 4 rings (SSSR count). The fourth-order valence-electron chi connectivity index (χ4n) is 3.15. The second-order valence-corrected chi connectivity index (χ2v) is 8.56. The molecule has 0 aliphatic rings. The van der Waals surface area contributed by atoms with E-state index in [1.165, 1.54) is 30.0 Å². The van der Waals surface area contributed by atoms with Crippen LogP contribution in [-0.4, -0.2) is 32.1 Å². The molecule has 0 saturated heterocycles. The molecule has 2 heterocycles. The number of carbonyl (C=O) groups is 2. The quantitative estimate of drug-likeness (QED) is 0.391. The third-order valence-corrected chi connectivity index (χ3v) is 6.25. The van der Waals surface area contributed by atoms with E-state index in [1.807, 2.05) is 53.9 Å². The molecule has 0 fully saturated rings. The van der Waals surface area contributed by atoms with E-state index in [-0.39, 0.29) is 17.6 Å². The standard InChI is InChI=1S/C22H21N5O2S2/c1-3-27-19-7-5-4-6-17(19)25-22(27)31-13-20(29)26-21-24-18(12-30-21)15-8-10-16(11-9-15)23-14(2)28/h4-12H,3,13H2,1-2H3,(H,23,28)(H,24,26,29). The average molecular weight is 452 g/mol. The van der Waals surface area contributed by atoms with Crippen molar-refractivity contribution >= 4 is 56.8 Å². The van der Waals surface area contributed by atoms with E-state index in [2.05, 4.69) is 32.1 Å². The number of nitrogens with zero attached hydrogens (tertiary/aromatic N) is 3. The Bertz CT molecular complexity index is 1230. The van der Waals surface area contributed by atoms with Gasteiger partial charge < -0.3 is 15.2 Å². The Labute approximate surface area is 187 Å². The molecular weight excluding hydrogens is 430 g/mol. The number of hydrogen-bond acceptors (Lipinski definition) is 6. The fraction of sp³-hybridized carbons (Fsp3) is 0.182. The minimum absolute atomic E-state index is 0.112. The SMILES string of the molecule is CCn1c(SCC(=O)Nc2nc(-c3ccc(NC(C)=O)cc3)cs2)nc2ccccc21. The Morgan fingerprint density at radius 3 is 2.58 bits per heavy atom. The van der Waals surface area contributed by atoms with Gasteiger partial charge in [-0.05, 0) is 31.2 Å². The number of benzene rings is 2. The van der Waals surface area contributed by atoms with Gasteiger partial charge in [-0.2, -0.15) is 0 Å². The van der Waals surface area contributed by atoms with Crippen LogP contribution in [0.2, 0.25) is 0 Å². The van der Waals surface area contributed by atoms with Crippen molar-refractivity contribution in [2.75, 3.05) is 16.4 Å². The zero-order valence-corrected chi connectivity index (χ0v) is 18.7. The maximum absolute atomic E-state index is 12.5. The van der Waals surface area contributed by atoms with E-state index in [9.17, 15) is 9.59 Å². The van der Waals surface area contributed by atoms with Crippen LogP contribution in [-0.2, 0) is 16.1 Å². The number of aryl methyl sites for hydroxylation is 1.